The summed E-state index contributed by atoms with van der Waals surface area (Å²) in [5, 5.41) is 10.1. The van der Waals surface area contributed by atoms with Gasteiger partial charge in [0.15, 0.2) is 6.23 Å². The predicted molar refractivity (Wildman–Crippen MR) is 72.4 cm³/mol. The summed E-state index contributed by atoms with van der Waals surface area (Å²) in [5.41, 5.74) is 2.98. The summed E-state index contributed by atoms with van der Waals surface area (Å²) in [4.78, 5) is 36.7. The SMILES string of the molecule is COC[C@H]1O[C@@H](n2cc(C(N)=O)c(=O)[nH]c2=O)[C@H](OC)[C@@H]1O. The standard InChI is InChI=1S/C12H17N3O7/c1-20-4-6-7(16)8(21-2)11(22-6)15-3-5(9(13)17)10(18)14-12(15)19/h3,6-8,11,16H,4H2,1-2H3,(H2,13,17)(H,14,18,19)/t6-,7-,8-,11-/m1/s1. The molecule has 1 amide bonds. The predicted octanol–water partition coefficient (Wildman–Crippen LogP) is -2.44. The van der Waals surface area contributed by atoms with Gasteiger partial charge in [-0.2, -0.15) is 0 Å². The van der Waals surface area contributed by atoms with E-state index in [0.29, 0.717) is 0 Å². The van der Waals surface area contributed by atoms with E-state index in [1.165, 1.54) is 14.2 Å². The molecular weight excluding hydrogens is 298 g/mol. The van der Waals surface area contributed by atoms with Crippen molar-refractivity contribution in [3.8, 4) is 0 Å². The van der Waals surface area contributed by atoms with Crippen molar-refractivity contribution in [2.45, 2.75) is 24.5 Å². The summed E-state index contributed by atoms with van der Waals surface area (Å²) >= 11 is 0. The van der Waals surface area contributed by atoms with Crippen LogP contribution < -0.4 is 17.0 Å². The molecule has 122 valence electrons. The van der Waals surface area contributed by atoms with Gasteiger partial charge in [-0.15, -0.1) is 0 Å². The second-order valence-electron chi connectivity index (χ2n) is 4.78. The number of ether oxygens (including phenoxy) is 3. The number of hydrogen-bond acceptors (Lipinski definition) is 7. The summed E-state index contributed by atoms with van der Waals surface area (Å²) in [6.45, 7) is 0.0817. The van der Waals surface area contributed by atoms with Crippen molar-refractivity contribution in [1.29, 1.82) is 0 Å². The van der Waals surface area contributed by atoms with E-state index in [2.05, 4.69) is 0 Å². The number of carbonyl (C=O) groups is 1. The van der Waals surface area contributed by atoms with Crippen LogP contribution in [0.1, 0.15) is 16.6 Å². The maximum absolute atomic E-state index is 11.9. The number of amides is 1. The van der Waals surface area contributed by atoms with Crippen molar-refractivity contribution < 1.29 is 24.1 Å². The molecule has 2 rings (SSSR count). The minimum atomic E-state index is -1.05. The average Bonchev–Trinajstić information content (AvgIpc) is 2.75. The fourth-order valence-corrected chi connectivity index (χ4v) is 2.35. The van der Waals surface area contributed by atoms with E-state index in [0.717, 1.165) is 10.8 Å². The van der Waals surface area contributed by atoms with Crippen molar-refractivity contribution in [1.82, 2.24) is 9.55 Å². The van der Waals surface area contributed by atoms with Crippen LogP contribution in [0.25, 0.3) is 0 Å². The normalized spacial score (nSPS) is 28.0. The number of carbonyl (C=O) groups excluding carboxylic acids is 1. The molecule has 4 atom stereocenters. The third-order valence-electron chi connectivity index (χ3n) is 3.42. The average molecular weight is 315 g/mol. The number of primary amides is 1. The first-order valence-corrected chi connectivity index (χ1v) is 6.41. The third-order valence-corrected chi connectivity index (χ3v) is 3.42. The van der Waals surface area contributed by atoms with Crippen molar-refractivity contribution >= 4 is 5.91 Å². The molecule has 10 heteroatoms. The molecule has 0 unspecified atom stereocenters. The highest BCUT2D eigenvalue weighted by molar-refractivity contribution is 5.91. The molecule has 22 heavy (non-hydrogen) atoms. The number of aromatic nitrogens is 2. The zero-order valence-electron chi connectivity index (χ0n) is 12.0. The zero-order chi connectivity index (χ0) is 16.4. The van der Waals surface area contributed by atoms with E-state index in [9.17, 15) is 19.5 Å². The molecule has 1 saturated heterocycles. The highest BCUT2D eigenvalue weighted by Crippen LogP contribution is 2.30. The summed E-state index contributed by atoms with van der Waals surface area (Å²) in [5.74, 6) is -0.990. The van der Waals surface area contributed by atoms with E-state index < -0.39 is 47.3 Å². The van der Waals surface area contributed by atoms with E-state index in [1.807, 2.05) is 4.98 Å². The Morgan fingerprint density at radius 3 is 2.73 bits per heavy atom. The number of nitrogens with one attached hydrogen (secondary N) is 1. The van der Waals surface area contributed by atoms with Gasteiger partial charge in [-0.1, -0.05) is 0 Å². The second-order valence-corrected chi connectivity index (χ2v) is 4.78. The van der Waals surface area contributed by atoms with Crippen LogP contribution in [0.2, 0.25) is 0 Å². The molecule has 0 bridgehead atoms. The molecule has 0 aliphatic carbocycles. The lowest BCUT2D eigenvalue weighted by Gasteiger charge is -2.20. The van der Waals surface area contributed by atoms with Crippen molar-refractivity contribution in [2.24, 2.45) is 5.73 Å². The second kappa shape index (κ2) is 6.40. The minimum Gasteiger partial charge on any atom is -0.387 e. The van der Waals surface area contributed by atoms with Crippen molar-refractivity contribution in [3.05, 3.63) is 32.6 Å². The number of aromatic amines is 1. The van der Waals surface area contributed by atoms with Crippen LogP contribution in [0.5, 0.6) is 0 Å². The molecule has 10 nitrogen and oxygen atoms in total. The van der Waals surface area contributed by atoms with Crippen LogP contribution in [0.4, 0.5) is 0 Å². The van der Waals surface area contributed by atoms with Gasteiger partial charge in [-0.25, -0.2) is 4.79 Å². The Morgan fingerprint density at radius 1 is 1.50 bits per heavy atom. The summed E-state index contributed by atoms with van der Waals surface area (Å²) in [7, 11) is 2.77. The molecule has 0 saturated carbocycles. The molecule has 1 fully saturated rings. The van der Waals surface area contributed by atoms with Crippen LogP contribution in [0.3, 0.4) is 0 Å². The van der Waals surface area contributed by atoms with Crippen molar-refractivity contribution in [3.63, 3.8) is 0 Å². The molecule has 1 aromatic heterocycles. The summed E-state index contributed by atoms with van der Waals surface area (Å²) < 4.78 is 16.6. The van der Waals surface area contributed by atoms with Gasteiger partial charge in [0, 0.05) is 20.4 Å². The van der Waals surface area contributed by atoms with Crippen LogP contribution in [0, 0.1) is 0 Å². The number of methoxy groups -OCH3 is 2. The lowest BCUT2D eigenvalue weighted by molar-refractivity contribution is -0.0669. The molecular formula is C12H17N3O7. The molecule has 1 aromatic rings. The van der Waals surface area contributed by atoms with Gasteiger partial charge < -0.3 is 25.1 Å². The molecule has 0 radical (unpaired) electrons. The number of rotatable bonds is 5. The Morgan fingerprint density at radius 2 is 2.18 bits per heavy atom. The fourth-order valence-electron chi connectivity index (χ4n) is 2.35. The topological polar surface area (TPSA) is 146 Å². The first kappa shape index (κ1) is 16.4. The lowest BCUT2D eigenvalue weighted by atomic mass is 10.1. The van der Waals surface area contributed by atoms with Gasteiger partial charge in [-0.3, -0.25) is 19.1 Å². The van der Waals surface area contributed by atoms with Gasteiger partial charge >= 0.3 is 5.69 Å². The van der Waals surface area contributed by atoms with Crippen LogP contribution in [-0.4, -0.2) is 59.7 Å². The highest BCUT2D eigenvalue weighted by Gasteiger charge is 2.45. The number of aliphatic hydroxyl groups is 1. The third kappa shape index (κ3) is 2.81. The van der Waals surface area contributed by atoms with E-state index in [-0.39, 0.29) is 6.61 Å². The largest absolute Gasteiger partial charge is 0.387 e. The van der Waals surface area contributed by atoms with Crippen molar-refractivity contribution in [2.75, 3.05) is 20.8 Å². The number of hydrogen-bond donors (Lipinski definition) is 3. The Bertz CT molecular complexity index is 667. The first-order valence-electron chi connectivity index (χ1n) is 6.41. The van der Waals surface area contributed by atoms with Gasteiger partial charge in [0.05, 0.1) is 6.61 Å². The number of H-pyrrole nitrogens is 1. The zero-order valence-corrected chi connectivity index (χ0v) is 12.0. The molecule has 0 spiro atoms. The molecule has 4 N–H and O–H groups in total. The van der Waals surface area contributed by atoms with Gasteiger partial charge in [0.1, 0.15) is 23.9 Å². The smallest absolute Gasteiger partial charge is 0.330 e. The summed E-state index contributed by atoms with van der Waals surface area (Å²) in [6.07, 6.45) is -2.71. The van der Waals surface area contributed by atoms with E-state index >= 15 is 0 Å². The van der Waals surface area contributed by atoms with Crippen LogP contribution in [-0.2, 0) is 14.2 Å². The summed E-state index contributed by atoms with van der Waals surface area (Å²) in [6, 6.07) is 0. The maximum Gasteiger partial charge on any atom is 0.330 e. The Balaban J connectivity index is 2.46. The van der Waals surface area contributed by atoms with Crippen LogP contribution >= 0.6 is 0 Å². The van der Waals surface area contributed by atoms with Gasteiger partial charge in [0.2, 0.25) is 0 Å². The molecule has 2 heterocycles. The van der Waals surface area contributed by atoms with E-state index in [4.69, 9.17) is 19.9 Å². The molecule has 0 aromatic carbocycles. The first-order chi connectivity index (χ1) is 10.4. The maximum atomic E-state index is 11.9. The fraction of sp³-hybridized carbons (Fsp3) is 0.583. The quantitative estimate of drug-likeness (QED) is 0.547. The molecule has 1 aliphatic heterocycles. The monoisotopic (exact) mass is 315 g/mol. The Kier molecular flexibility index (Phi) is 4.76. The van der Waals surface area contributed by atoms with Gasteiger partial charge in [-0.05, 0) is 0 Å². The van der Waals surface area contributed by atoms with E-state index in [1.54, 1.807) is 0 Å². The highest BCUT2D eigenvalue weighted by atomic mass is 16.6. The number of aliphatic hydroxyl groups excluding tert-OH is 1. The minimum absolute atomic E-state index is 0.0817. The number of nitrogens with two attached hydrogens (primary N) is 1. The number of nitrogens with zero attached hydrogens (tertiary/aromatic N) is 1. The van der Waals surface area contributed by atoms with Gasteiger partial charge in [0.25, 0.3) is 11.5 Å². The Labute approximate surface area is 124 Å². The molecule has 1 aliphatic rings. The Hall–Kier alpha value is -2.01. The van der Waals surface area contributed by atoms with Crippen LogP contribution in [0.15, 0.2) is 15.8 Å². The lowest BCUT2D eigenvalue weighted by Crippen LogP contribution is -2.41.